The lowest BCUT2D eigenvalue weighted by Crippen LogP contribution is -2.45. The zero-order chi connectivity index (χ0) is 30.2. The Morgan fingerprint density at radius 2 is 1.65 bits per heavy atom. The quantitative estimate of drug-likeness (QED) is 0.220. The Bertz CT molecular complexity index is 1650. The van der Waals surface area contributed by atoms with Crippen LogP contribution in [0, 0.1) is 6.92 Å². The molecule has 0 aliphatic carbocycles. The van der Waals surface area contributed by atoms with E-state index < -0.39 is 22.0 Å². The van der Waals surface area contributed by atoms with Crippen LogP contribution in [0.4, 0.5) is 4.79 Å². The van der Waals surface area contributed by atoms with E-state index >= 15 is 0 Å². The number of fused-ring (bicyclic) bond motifs is 1. The summed E-state index contributed by atoms with van der Waals surface area (Å²) in [5.74, 6) is -0.905. The van der Waals surface area contributed by atoms with Gasteiger partial charge in [-0.25, -0.2) is 17.9 Å². The molecule has 5 rings (SSSR count). The fourth-order valence-corrected chi connectivity index (χ4v) is 6.90. The molecule has 43 heavy (non-hydrogen) atoms. The first-order valence-corrected chi connectivity index (χ1v) is 16.6. The molecule has 1 atom stereocenters. The average molecular weight is 602 g/mol. The van der Waals surface area contributed by atoms with E-state index in [0.29, 0.717) is 25.2 Å². The fourth-order valence-electron chi connectivity index (χ4n) is 5.83. The second kappa shape index (κ2) is 13.9. The van der Waals surface area contributed by atoms with Crippen LogP contribution >= 0.6 is 0 Å². The van der Waals surface area contributed by atoms with Crippen LogP contribution in [0.25, 0.3) is 10.9 Å². The summed E-state index contributed by atoms with van der Waals surface area (Å²) in [6.07, 6.45) is 3.87. The number of nitrogens with zero attached hydrogens (tertiary/aromatic N) is 2. The lowest BCUT2D eigenvalue weighted by molar-refractivity contribution is 0.0672. The summed E-state index contributed by atoms with van der Waals surface area (Å²) in [4.78, 5) is 28.0. The standard InChI is InChI=1S/C34H39N3O5S/c1-26-12-10-19-31-30(26)24-32(37(31)22-11-17-27-13-4-2-5-14-27)33(38)35-43(40,41)23-20-29-18-8-9-21-36(29)34(39)42-25-28-15-6-3-7-16-28/h2-7,10,12-16,19,24,29H,8-9,11,17-18,20-23,25H2,1H3,(H,35,38)/t29-/m0/s1. The number of nitrogens with one attached hydrogen (secondary N) is 1. The van der Waals surface area contributed by atoms with Crippen LogP contribution < -0.4 is 4.72 Å². The third-order valence-electron chi connectivity index (χ3n) is 8.12. The first kappa shape index (κ1) is 30.4. The van der Waals surface area contributed by atoms with Crippen molar-refractivity contribution in [2.75, 3.05) is 12.3 Å². The summed E-state index contributed by atoms with van der Waals surface area (Å²) in [6, 6.07) is 27.0. The van der Waals surface area contributed by atoms with Crippen LogP contribution in [0.1, 0.15) is 59.3 Å². The van der Waals surface area contributed by atoms with Crippen LogP contribution in [0.3, 0.4) is 0 Å². The highest BCUT2D eigenvalue weighted by Gasteiger charge is 2.30. The van der Waals surface area contributed by atoms with Gasteiger partial charge < -0.3 is 14.2 Å². The Balaban J connectivity index is 1.23. The number of aryl methyl sites for hydroxylation is 3. The molecular formula is C34H39N3O5S. The van der Waals surface area contributed by atoms with Gasteiger partial charge in [-0.2, -0.15) is 0 Å². The molecule has 0 saturated carbocycles. The van der Waals surface area contributed by atoms with E-state index in [9.17, 15) is 18.0 Å². The molecule has 0 radical (unpaired) electrons. The van der Waals surface area contributed by atoms with E-state index in [1.165, 1.54) is 5.56 Å². The predicted octanol–water partition coefficient (Wildman–Crippen LogP) is 6.22. The Labute approximate surface area is 253 Å². The number of hydrogen-bond acceptors (Lipinski definition) is 5. The maximum atomic E-state index is 13.4. The second-order valence-electron chi connectivity index (χ2n) is 11.2. The average Bonchev–Trinajstić information content (AvgIpc) is 3.40. The number of amides is 2. The van der Waals surface area contributed by atoms with E-state index in [4.69, 9.17) is 4.74 Å². The van der Waals surface area contributed by atoms with Crippen molar-refractivity contribution in [1.82, 2.24) is 14.2 Å². The van der Waals surface area contributed by atoms with Gasteiger partial charge in [0, 0.05) is 30.0 Å². The summed E-state index contributed by atoms with van der Waals surface area (Å²) in [5.41, 5.74) is 4.35. The molecule has 2 amide bonds. The Kier molecular flexibility index (Phi) is 9.82. The van der Waals surface area contributed by atoms with E-state index in [0.717, 1.165) is 47.7 Å². The van der Waals surface area contributed by atoms with Gasteiger partial charge in [-0.3, -0.25) is 4.79 Å². The van der Waals surface area contributed by atoms with Crippen LogP contribution in [0.15, 0.2) is 84.9 Å². The van der Waals surface area contributed by atoms with Gasteiger partial charge in [-0.05, 0) is 74.3 Å². The first-order valence-electron chi connectivity index (χ1n) is 15.0. The number of carbonyl (C=O) groups excluding carboxylic acids is 2. The molecule has 226 valence electrons. The minimum atomic E-state index is -3.95. The maximum Gasteiger partial charge on any atom is 0.410 e. The summed E-state index contributed by atoms with van der Waals surface area (Å²) < 4.78 is 36.1. The van der Waals surface area contributed by atoms with Gasteiger partial charge in [0.1, 0.15) is 12.3 Å². The van der Waals surface area contributed by atoms with Crippen molar-refractivity contribution in [2.24, 2.45) is 0 Å². The van der Waals surface area contributed by atoms with Gasteiger partial charge in [0.15, 0.2) is 0 Å². The summed E-state index contributed by atoms with van der Waals surface area (Å²) in [5, 5.41) is 0.927. The van der Waals surface area contributed by atoms with Gasteiger partial charge in [-0.15, -0.1) is 0 Å². The lowest BCUT2D eigenvalue weighted by Gasteiger charge is -2.34. The molecule has 0 unspecified atom stereocenters. The van der Waals surface area contributed by atoms with Crippen LogP contribution in [0.2, 0.25) is 0 Å². The third-order valence-corrected chi connectivity index (χ3v) is 9.39. The van der Waals surface area contributed by atoms with Crippen molar-refractivity contribution in [3.05, 3.63) is 107 Å². The number of carbonyl (C=O) groups is 2. The van der Waals surface area contributed by atoms with Crippen molar-refractivity contribution < 1.29 is 22.7 Å². The molecular weight excluding hydrogens is 562 g/mol. The van der Waals surface area contributed by atoms with Crippen LogP contribution in [-0.4, -0.2) is 48.2 Å². The molecule has 2 heterocycles. The van der Waals surface area contributed by atoms with Crippen LogP contribution in [-0.2, 0) is 34.3 Å². The monoisotopic (exact) mass is 601 g/mol. The molecule has 0 spiro atoms. The molecule has 1 saturated heterocycles. The summed E-state index contributed by atoms with van der Waals surface area (Å²) in [7, 11) is -3.95. The van der Waals surface area contributed by atoms with E-state index in [2.05, 4.69) is 16.9 Å². The topological polar surface area (TPSA) is 97.7 Å². The van der Waals surface area contributed by atoms with Crippen LogP contribution in [0.5, 0.6) is 0 Å². The first-order chi connectivity index (χ1) is 20.8. The Morgan fingerprint density at radius 3 is 2.40 bits per heavy atom. The van der Waals surface area contributed by atoms with Gasteiger partial charge >= 0.3 is 6.09 Å². The largest absolute Gasteiger partial charge is 0.445 e. The SMILES string of the molecule is Cc1cccc2c1cc(C(=O)NS(=O)(=O)CC[C@@H]1CCCCN1C(=O)OCc1ccccc1)n2CCCc1ccccc1. The highest BCUT2D eigenvalue weighted by molar-refractivity contribution is 7.90. The van der Waals surface area contributed by atoms with E-state index in [-0.39, 0.29) is 24.8 Å². The van der Waals surface area contributed by atoms with Gasteiger partial charge in [0.2, 0.25) is 10.0 Å². The molecule has 1 aliphatic heterocycles. The number of ether oxygens (including phenoxy) is 1. The minimum Gasteiger partial charge on any atom is -0.445 e. The highest BCUT2D eigenvalue weighted by Crippen LogP contribution is 2.25. The number of piperidine rings is 1. The molecule has 8 nitrogen and oxygen atoms in total. The van der Waals surface area contributed by atoms with Crippen molar-refractivity contribution in [3.8, 4) is 0 Å². The number of sulfonamides is 1. The summed E-state index contributed by atoms with van der Waals surface area (Å²) >= 11 is 0. The van der Waals surface area contributed by atoms with Crippen molar-refractivity contribution in [1.29, 1.82) is 0 Å². The van der Waals surface area contributed by atoms with Gasteiger partial charge in [-0.1, -0.05) is 72.8 Å². The molecule has 0 bridgehead atoms. The van der Waals surface area contributed by atoms with Crippen molar-refractivity contribution in [3.63, 3.8) is 0 Å². The predicted molar refractivity (Wildman–Crippen MR) is 168 cm³/mol. The van der Waals surface area contributed by atoms with Gasteiger partial charge in [0.25, 0.3) is 5.91 Å². The van der Waals surface area contributed by atoms with E-state index in [1.54, 1.807) is 11.0 Å². The Hall–Kier alpha value is -4.11. The number of aromatic nitrogens is 1. The van der Waals surface area contributed by atoms with Crippen molar-refractivity contribution in [2.45, 2.75) is 64.6 Å². The van der Waals surface area contributed by atoms with Crippen molar-refractivity contribution >= 4 is 32.9 Å². The summed E-state index contributed by atoms with van der Waals surface area (Å²) in [6.45, 7) is 3.24. The normalized spacial score (nSPS) is 15.4. The zero-order valence-electron chi connectivity index (χ0n) is 24.6. The maximum absolute atomic E-state index is 13.4. The highest BCUT2D eigenvalue weighted by atomic mass is 32.2. The fraction of sp³-hybridized carbons (Fsp3) is 0.353. The number of likely N-dealkylation sites (tertiary alicyclic amines) is 1. The smallest absolute Gasteiger partial charge is 0.410 e. The van der Waals surface area contributed by atoms with Gasteiger partial charge in [0.05, 0.1) is 5.75 Å². The second-order valence-corrected chi connectivity index (χ2v) is 13.0. The molecule has 1 aliphatic rings. The molecule has 9 heteroatoms. The van der Waals surface area contributed by atoms with E-state index in [1.807, 2.05) is 78.2 Å². The lowest BCUT2D eigenvalue weighted by atomic mass is 10.0. The molecule has 4 aromatic rings. The number of benzene rings is 3. The minimum absolute atomic E-state index is 0.163. The molecule has 1 fully saturated rings. The molecule has 1 aromatic heterocycles. The zero-order valence-corrected chi connectivity index (χ0v) is 25.4. The Morgan fingerprint density at radius 1 is 0.930 bits per heavy atom. The molecule has 1 N–H and O–H groups in total. The molecule has 3 aromatic carbocycles. The third kappa shape index (κ3) is 7.84. The number of hydrogen-bond donors (Lipinski definition) is 1. The number of rotatable bonds is 11.